The van der Waals surface area contributed by atoms with Crippen molar-refractivity contribution in [2.45, 2.75) is 76.6 Å². The maximum atomic E-state index is 12.4. The van der Waals surface area contributed by atoms with Gasteiger partial charge in [0.25, 0.3) is 0 Å². The van der Waals surface area contributed by atoms with Gasteiger partial charge in [0.1, 0.15) is 17.3 Å². The lowest BCUT2D eigenvalue weighted by Gasteiger charge is -2.57. The summed E-state index contributed by atoms with van der Waals surface area (Å²) in [6.45, 7) is 5.50. The van der Waals surface area contributed by atoms with Gasteiger partial charge in [-0.2, -0.15) is 0 Å². The summed E-state index contributed by atoms with van der Waals surface area (Å²) >= 11 is 0. The van der Waals surface area contributed by atoms with Crippen LogP contribution in [0.1, 0.15) is 59.3 Å². The number of rotatable bonds is 1. The molecule has 0 spiro atoms. The molecule has 4 heteroatoms. The minimum atomic E-state index is -0.701. The van der Waals surface area contributed by atoms with Gasteiger partial charge >= 0.3 is 5.97 Å². The average molecular weight is 280 g/mol. The molecule has 1 aliphatic heterocycles. The SMILES string of the molecule is CC(C)(C)OC(=O)[C@H]1C(=O)CC[C@]23CCCC[C@H]2C1O3. The number of carbonyl (C=O) groups is 2. The molecule has 1 heterocycles. The van der Waals surface area contributed by atoms with E-state index < -0.39 is 17.5 Å². The lowest BCUT2D eigenvalue weighted by molar-refractivity contribution is -0.284. The number of ketones is 1. The van der Waals surface area contributed by atoms with E-state index in [1.807, 2.05) is 20.8 Å². The predicted octanol–water partition coefficient (Wildman–Crippen LogP) is 2.64. The first-order chi connectivity index (χ1) is 9.32. The Morgan fingerprint density at radius 3 is 2.75 bits per heavy atom. The maximum Gasteiger partial charge on any atom is 0.319 e. The molecule has 2 aliphatic carbocycles. The quantitative estimate of drug-likeness (QED) is 0.547. The van der Waals surface area contributed by atoms with Crippen LogP contribution in [-0.2, 0) is 19.1 Å². The molecule has 4 nitrogen and oxygen atoms in total. The molecule has 112 valence electrons. The summed E-state index contributed by atoms with van der Waals surface area (Å²) in [6.07, 6.45) is 5.49. The summed E-state index contributed by atoms with van der Waals surface area (Å²) in [6, 6.07) is 0. The molecule has 2 saturated carbocycles. The predicted molar refractivity (Wildman–Crippen MR) is 73.1 cm³/mol. The highest BCUT2D eigenvalue weighted by Gasteiger charge is 2.63. The third-order valence-electron chi connectivity index (χ3n) is 4.94. The Morgan fingerprint density at radius 1 is 1.30 bits per heavy atom. The van der Waals surface area contributed by atoms with Crippen molar-refractivity contribution in [1.82, 2.24) is 0 Å². The van der Waals surface area contributed by atoms with Crippen molar-refractivity contribution in [3.63, 3.8) is 0 Å². The van der Waals surface area contributed by atoms with Crippen LogP contribution in [0.25, 0.3) is 0 Å². The Hall–Kier alpha value is -0.900. The highest BCUT2D eigenvalue weighted by molar-refractivity contribution is 6.00. The van der Waals surface area contributed by atoms with E-state index in [1.54, 1.807) is 0 Å². The average Bonchev–Trinajstić information content (AvgIpc) is 2.52. The maximum absolute atomic E-state index is 12.4. The van der Waals surface area contributed by atoms with Gasteiger partial charge in [0, 0.05) is 12.3 Å². The van der Waals surface area contributed by atoms with Crippen LogP contribution < -0.4 is 0 Å². The number of ether oxygens (including phenoxy) is 2. The van der Waals surface area contributed by atoms with Crippen LogP contribution >= 0.6 is 0 Å². The second-order valence-corrected chi connectivity index (χ2v) is 7.48. The van der Waals surface area contributed by atoms with Crippen LogP contribution in [0.15, 0.2) is 0 Å². The summed E-state index contributed by atoms with van der Waals surface area (Å²) in [5.74, 6) is -0.711. The molecule has 3 aliphatic rings. The van der Waals surface area contributed by atoms with E-state index in [2.05, 4.69) is 0 Å². The van der Waals surface area contributed by atoms with E-state index >= 15 is 0 Å². The van der Waals surface area contributed by atoms with Crippen LogP contribution in [0, 0.1) is 11.8 Å². The second kappa shape index (κ2) is 4.55. The molecule has 0 amide bonds. The van der Waals surface area contributed by atoms with Crippen LogP contribution in [0.2, 0.25) is 0 Å². The van der Waals surface area contributed by atoms with Crippen molar-refractivity contribution < 1.29 is 19.1 Å². The Kier molecular flexibility index (Phi) is 3.20. The van der Waals surface area contributed by atoms with Gasteiger partial charge in [-0.25, -0.2) is 0 Å². The first-order valence-corrected chi connectivity index (χ1v) is 7.76. The number of hydrogen-bond acceptors (Lipinski definition) is 4. The first kappa shape index (κ1) is 14.1. The van der Waals surface area contributed by atoms with Crippen LogP contribution in [0.4, 0.5) is 0 Å². The zero-order chi connectivity index (χ0) is 14.5. The zero-order valence-electron chi connectivity index (χ0n) is 12.6. The molecule has 4 atom stereocenters. The molecule has 0 aromatic rings. The first-order valence-electron chi connectivity index (χ1n) is 7.76. The molecule has 0 radical (unpaired) electrons. The highest BCUT2D eigenvalue weighted by Crippen LogP contribution is 2.56. The van der Waals surface area contributed by atoms with Gasteiger partial charge in [0.15, 0.2) is 0 Å². The van der Waals surface area contributed by atoms with Crippen molar-refractivity contribution in [2.24, 2.45) is 11.8 Å². The lowest BCUT2D eigenvalue weighted by Crippen LogP contribution is -2.63. The third kappa shape index (κ3) is 2.18. The summed E-state index contributed by atoms with van der Waals surface area (Å²) < 4.78 is 11.5. The summed E-state index contributed by atoms with van der Waals surface area (Å²) in [5, 5.41) is 0. The smallest absolute Gasteiger partial charge is 0.319 e. The minimum absolute atomic E-state index is 0.00975. The summed E-state index contributed by atoms with van der Waals surface area (Å²) in [7, 11) is 0. The summed E-state index contributed by atoms with van der Waals surface area (Å²) in [4.78, 5) is 24.7. The largest absolute Gasteiger partial charge is 0.459 e. The van der Waals surface area contributed by atoms with Gasteiger partial charge in [-0.15, -0.1) is 0 Å². The van der Waals surface area contributed by atoms with Crippen molar-refractivity contribution in [3.8, 4) is 0 Å². The molecular formula is C16H24O4. The fourth-order valence-electron chi connectivity index (χ4n) is 4.10. The van der Waals surface area contributed by atoms with Crippen molar-refractivity contribution in [1.29, 1.82) is 0 Å². The van der Waals surface area contributed by atoms with E-state index in [1.165, 1.54) is 12.8 Å². The Labute approximate surface area is 120 Å². The molecule has 3 rings (SSSR count). The second-order valence-electron chi connectivity index (χ2n) is 7.48. The highest BCUT2D eigenvalue weighted by atomic mass is 16.6. The molecule has 3 fully saturated rings. The molecule has 20 heavy (non-hydrogen) atoms. The van der Waals surface area contributed by atoms with E-state index in [-0.39, 0.29) is 17.5 Å². The lowest BCUT2D eigenvalue weighted by atomic mass is 9.65. The van der Waals surface area contributed by atoms with E-state index in [0.29, 0.717) is 12.3 Å². The number of Topliss-reactive ketones (excluding diaryl/α,β-unsaturated/α-hetero) is 1. The van der Waals surface area contributed by atoms with Crippen molar-refractivity contribution >= 4 is 11.8 Å². The molecule has 2 bridgehead atoms. The summed E-state index contributed by atoms with van der Waals surface area (Å²) in [5.41, 5.74) is -0.660. The van der Waals surface area contributed by atoms with Gasteiger partial charge in [-0.1, -0.05) is 12.8 Å². The Morgan fingerprint density at radius 2 is 2.05 bits per heavy atom. The third-order valence-corrected chi connectivity index (χ3v) is 4.94. The van der Waals surface area contributed by atoms with Crippen LogP contribution in [0.5, 0.6) is 0 Å². The number of esters is 1. The molecule has 1 unspecified atom stereocenters. The molecule has 0 N–H and O–H groups in total. The normalized spacial score (nSPS) is 40.4. The zero-order valence-corrected chi connectivity index (χ0v) is 12.6. The fourth-order valence-corrected chi connectivity index (χ4v) is 4.10. The van der Waals surface area contributed by atoms with Gasteiger partial charge in [-0.3, -0.25) is 9.59 Å². The minimum Gasteiger partial charge on any atom is -0.459 e. The van der Waals surface area contributed by atoms with Gasteiger partial charge in [0.2, 0.25) is 0 Å². The standard InChI is InChI=1S/C16H24O4/c1-15(2,3)20-14(18)12-11(17)7-9-16-8-5-4-6-10(16)13(12)19-16/h10,12-13H,4-9H2,1-3H3/t10-,12-,13?,16+/m0/s1. The van der Waals surface area contributed by atoms with Gasteiger partial charge in [-0.05, 0) is 40.0 Å². The van der Waals surface area contributed by atoms with Gasteiger partial charge < -0.3 is 9.47 Å². The fraction of sp³-hybridized carbons (Fsp3) is 0.875. The Bertz CT molecular complexity index is 436. The number of hydrogen-bond donors (Lipinski definition) is 0. The molecule has 0 aromatic carbocycles. The van der Waals surface area contributed by atoms with Gasteiger partial charge in [0.05, 0.1) is 11.7 Å². The van der Waals surface area contributed by atoms with Crippen molar-refractivity contribution in [3.05, 3.63) is 0 Å². The molecular weight excluding hydrogens is 256 g/mol. The van der Waals surface area contributed by atoms with E-state index in [0.717, 1.165) is 19.3 Å². The van der Waals surface area contributed by atoms with Crippen LogP contribution in [-0.4, -0.2) is 29.1 Å². The van der Waals surface area contributed by atoms with Crippen molar-refractivity contribution in [2.75, 3.05) is 0 Å². The topological polar surface area (TPSA) is 52.6 Å². The molecule has 1 saturated heterocycles. The molecule has 0 aromatic heterocycles. The van der Waals surface area contributed by atoms with E-state index in [4.69, 9.17) is 9.47 Å². The van der Waals surface area contributed by atoms with E-state index in [9.17, 15) is 9.59 Å². The van der Waals surface area contributed by atoms with Crippen LogP contribution in [0.3, 0.4) is 0 Å². The number of carbonyl (C=O) groups excluding carboxylic acids is 2. The monoisotopic (exact) mass is 280 g/mol. The Balaban J connectivity index is 1.81.